The molecule has 0 aromatic rings. The van der Waals surface area contributed by atoms with Crippen LogP contribution in [0.1, 0.15) is 59.3 Å². The van der Waals surface area contributed by atoms with Crippen molar-refractivity contribution in [2.45, 2.75) is 71.4 Å². The molecule has 0 radical (unpaired) electrons. The average Bonchev–Trinajstić information content (AvgIpc) is 2.34. The van der Waals surface area contributed by atoms with Gasteiger partial charge in [0.1, 0.15) is 0 Å². The summed E-state index contributed by atoms with van der Waals surface area (Å²) in [6, 6.07) is 1.46. The molecule has 1 saturated carbocycles. The van der Waals surface area contributed by atoms with Crippen molar-refractivity contribution in [3.05, 3.63) is 0 Å². The number of likely N-dealkylation sites (N-methyl/N-ethyl adjacent to an activating group) is 1. The Morgan fingerprint density at radius 2 is 1.94 bits per heavy atom. The minimum Gasteiger partial charge on any atom is -0.312 e. The van der Waals surface area contributed by atoms with Gasteiger partial charge in [-0.2, -0.15) is 0 Å². The van der Waals surface area contributed by atoms with Gasteiger partial charge in [0.25, 0.3) is 0 Å². The van der Waals surface area contributed by atoms with Gasteiger partial charge in [0.15, 0.2) is 0 Å². The maximum Gasteiger partial charge on any atom is 0.0217 e. The van der Waals surface area contributed by atoms with Crippen LogP contribution in [-0.4, -0.2) is 37.6 Å². The van der Waals surface area contributed by atoms with Gasteiger partial charge in [-0.25, -0.2) is 0 Å². The maximum absolute atomic E-state index is 3.83. The molecule has 18 heavy (non-hydrogen) atoms. The van der Waals surface area contributed by atoms with Crippen LogP contribution < -0.4 is 5.32 Å². The molecule has 2 nitrogen and oxygen atoms in total. The molecule has 3 unspecified atom stereocenters. The molecular weight excluding hydrogens is 220 g/mol. The SMILES string of the molecule is CCC1CCCC(NCC(CC(C)C)N(C)C)C1. The second kappa shape index (κ2) is 8.16. The van der Waals surface area contributed by atoms with Crippen LogP contribution in [0.15, 0.2) is 0 Å². The number of hydrogen-bond donors (Lipinski definition) is 1. The molecule has 0 spiro atoms. The Morgan fingerprint density at radius 1 is 1.22 bits per heavy atom. The van der Waals surface area contributed by atoms with Crippen LogP contribution in [0.5, 0.6) is 0 Å². The molecule has 0 amide bonds. The molecule has 2 heteroatoms. The lowest BCUT2D eigenvalue weighted by Crippen LogP contribution is -2.44. The summed E-state index contributed by atoms with van der Waals surface area (Å²) in [5.74, 6) is 1.76. The highest BCUT2D eigenvalue weighted by molar-refractivity contribution is 4.80. The van der Waals surface area contributed by atoms with E-state index in [1.165, 1.54) is 38.5 Å². The Kier molecular flexibility index (Phi) is 7.25. The average molecular weight is 254 g/mol. The molecule has 0 heterocycles. The normalized spacial score (nSPS) is 26.8. The van der Waals surface area contributed by atoms with Crippen LogP contribution in [0.4, 0.5) is 0 Å². The van der Waals surface area contributed by atoms with E-state index in [9.17, 15) is 0 Å². The van der Waals surface area contributed by atoms with Crippen LogP contribution >= 0.6 is 0 Å². The second-order valence-corrected chi connectivity index (χ2v) is 6.79. The van der Waals surface area contributed by atoms with Gasteiger partial charge in [0.05, 0.1) is 0 Å². The van der Waals surface area contributed by atoms with Crippen molar-refractivity contribution in [2.24, 2.45) is 11.8 Å². The lowest BCUT2D eigenvalue weighted by Gasteiger charge is -2.32. The topological polar surface area (TPSA) is 15.3 Å². The molecule has 0 aromatic heterocycles. The largest absolute Gasteiger partial charge is 0.312 e. The Hall–Kier alpha value is -0.0800. The first kappa shape index (κ1) is 16.0. The van der Waals surface area contributed by atoms with Crippen LogP contribution in [0.3, 0.4) is 0 Å². The number of nitrogens with one attached hydrogen (secondary N) is 1. The molecule has 108 valence electrons. The number of hydrogen-bond acceptors (Lipinski definition) is 2. The molecule has 1 aliphatic carbocycles. The summed E-state index contributed by atoms with van der Waals surface area (Å²) in [5.41, 5.74) is 0. The van der Waals surface area contributed by atoms with Crippen LogP contribution in [0.25, 0.3) is 0 Å². The third-order valence-corrected chi connectivity index (χ3v) is 4.48. The highest BCUT2D eigenvalue weighted by Gasteiger charge is 2.22. The summed E-state index contributed by atoms with van der Waals surface area (Å²) in [6.45, 7) is 8.15. The molecule has 3 atom stereocenters. The first-order valence-corrected chi connectivity index (χ1v) is 7.92. The van der Waals surface area contributed by atoms with Crippen molar-refractivity contribution in [3.63, 3.8) is 0 Å². The first-order valence-electron chi connectivity index (χ1n) is 7.92. The molecule has 1 rings (SSSR count). The lowest BCUT2D eigenvalue weighted by molar-refractivity contribution is 0.218. The van der Waals surface area contributed by atoms with Crippen molar-refractivity contribution in [1.29, 1.82) is 0 Å². The molecular formula is C16H34N2. The van der Waals surface area contributed by atoms with Gasteiger partial charge in [-0.15, -0.1) is 0 Å². The Bertz CT molecular complexity index is 213. The van der Waals surface area contributed by atoms with E-state index >= 15 is 0 Å². The molecule has 0 aliphatic heterocycles. The fourth-order valence-electron chi connectivity index (χ4n) is 3.17. The zero-order valence-corrected chi connectivity index (χ0v) is 13.2. The third kappa shape index (κ3) is 5.71. The van der Waals surface area contributed by atoms with E-state index in [4.69, 9.17) is 0 Å². The van der Waals surface area contributed by atoms with E-state index in [1.807, 2.05) is 0 Å². The molecule has 0 bridgehead atoms. The third-order valence-electron chi connectivity index (χ3n) is 4.48. The Labute approximate surface area is 115 Å². The van der Waals surface area contributed by atoms with E-state index in [2.05, 4.69) is 45.1 Å². The highest BCUT2D eigenvalue weighted by atomic mass is 15.1. The summed E-state index contributed by atoms with van der Waals surface area (Å²) in [5, 5.41) is 3.83. The van der Waals surface area contributed by atoms with E-state index < -0.39 is 0 Å². The summed E-state index contributed by atoms with van der Waals surface area (Å²) in [6.07, 6.45) is 8.33. The van der Waals surface area contributed by atoms with E-state index in [0.717, 1.165) is 24.4 Å². The van der Waals surface area contributed by atoms with Crippen LogP contribution in [0, 0.1) is 11.8 Å². The van der Waals surface area contributed by atoms with Crippen molar-refractivity contribution in [2.75, 3.05) is 20.6 Å². The minimum absolute atomic E-state index is 0.687. The van der Waals surface area contributed by atoms with E-state index in [0.29, 0.717) is 6.04 Å². The van der Waals surface area contributed by atoms with Crippen LogP contribution in [0.2, 0.25) is 0 Å². The number of rotatable bonds is 7. The van der Waals surface area contributed by atoms with Crippen molar-refractivity contribution in [1.82, 2.24) is 10.2 Å². The monoisotopic (exact) mass is 254 g/mol. The Morgan fingerprint density at radius 3 is 2.50 bits per heavy atom. The van der Waals surface area contributed by atoms with E-state index in [-0.39, 0.29) is 0 Å². The van der Waals surface area contributed by atoms with Crippen LogP contribution in [-0.2, 0) is 0 Å². The van der Waals surface area contributed by atoms with Gasteiger partial charge >= 0.3 is 0 Å². The zero-order valence-electron chi connectivity index (χ0n) is 13.2. The van der Waals surface area contributed by atoms with Gasteiger partial charge in [0, 0.05) is 18.6 Å². The molecule has 1 fully saturated rings. The standard InChI is InChI=1S/C16H34N2/c1-6-14-8-7-9-15(11-14)17-12-16(18(4)5)10-13(2)3/h13-17H,6-12H2,1-5H3. The molecule has 1 aliphatic rings. The van der Waals surface area contributed by atoms with Gasteiger partial charge in [-0.1, -0.05) is 40.0 Å². The molecule has 1 N–H and O–H groups in total. The van der Waals surface area contributed by atoms with Crippen molar-refractivity contribution < 1.29 is 0 Å². The van der Waals surface area contributed by atoms with E-state index in [1.54, 1.807) is 0 Å². The zero-order chi connectivity index (χ0) is 13.5. The number of nitrogens with zero attached hydrogens (tertiary/aromatic N) is 1. The minimum atomic E-state index is 0.687. The Balaban J connectivity index is 2.32. The summed E-state index contributed by atoms with van der Waals surface area (Å²) in [4.78, 5) is 2.38. The second-order valence-electron chi connectivity index (χ2n) is 6.79. The summed E-state index contributed by atoms with van der Waals surface area (Å²) >= 11 is 0. The van der Waals surface area contributed by atoms with Gasteiger partial charge in [-0.3, -0.25) is 0 Å². The van der Waals surface area contributed by atoms with Crippen molar-refractivity contribution in [3.8, 4) is 0 Å². The predicted molar refractivity (Wildman–Crippen MR) is 81.0 cm³/mol. The smallest absolute Gasteiger partial charge is 0.0217 e. The highest BCUT2D eigenvalue weighted by Crippen LogP contribution is 2.26. The van der Waals surface area contributed by atoms with Gasteiger partial charge in [-0.05, 0) is 45.2 Å². The fourth-order valence-corrected chi connectivity index (χ4v) is 3.17. The quantitative estimate of drug-likeness (QED) is 0.748. The fraction of sp³-hybridized carbons (Fsp3) is 1.00. The summed E-state index contributed by atoms with van der Waals surface area (Å²) in [7, 11) is 4.43. The molecule has 0 aromatic carbocycles. The van der Waals surface area contributed by atoms with Gasteiger partial charge in [0.2, 0.25) is 0 Å². The van der Waals surface area contributed by atoms with Gasteiger partial charge < -0.3 is 10.2 Å². The molecule has 0 saturated heterocycles. The lowest BCUT2D eigenvalue weighted by atomic mass is 9.84. The first-order chi connectivity index (χ1) is 8.52. The van der Waals surface area contributed by atoms with Crippen molar-refractivity contribution >= 4 is 0 Å². The predicted octanol–water partition coefficient (Wildman–Crippen LogP) is 3.52. The maximum atomic E-state index is 3.83. The summed E-state index contributed by atoms with van der Waals surface area (Å²) < 4.78 is 0.